The van der Waals surface area contributed by atoms with Crippen LogP contribution in [0.4, 0.5) is 0 Å². The van der Waals surface area contributed by atoms with E-state index in [-0.39, 0.29) is 5.88 Å². The first-order valence-electron chi connectivity index (χ1n) is 5.26. The molecule has 0 saturated heterocycles. The number of benzene rings is 1. The minimum atomic E-state index is 0.177. The molecule has 0 amide bonds. The molecule has 0 fully saturated rings. The standard InChI is InChI=1S/C12H11NO3/c14-11-10(8-9-4-2-1-3-5-9)16-12-13(11)6-7-15-12/h1-5H,6-8H2/p+1. The highest BCUT2D eigenvalue weighted by atomic mass is 16.6. The van der Waals surface area contributed by atoms with Gasteiger partial charge in [-0.25, -0.2) is 0 Å². The second-order valence-electron chi connectivity index (χ2n) is 3.78. The smallest absolute Gasteiger partial charge is 0.457 e. The summed E-state index contributed by atoms with van der Waals surface area (Å²) in [5.41, 5.74) is 1.10. The third kappa shape index (κ3) is 1.43. The van der Waals surface area contributed by atoms with Gasteiger partial charge in [-0.2, -0.15) is 0 Å². The zero-order chi connectivity index (χ0) is 11.0. The molecule has 4 heteroatoms. The van der Waals surface area contributed by atoms with Gasteiger partial charge < -0.3 is 14.3 Å². The van der Waals surface area contributed by atoms with E-state index in [1.807, 2.05) is 30.3 Å². The van der Waals surface area contributed by atoms with Gasteiger partial charge in [0.25, 0.3) is 0 Å². The minimum absolute atomic E-state index is 0.177. The normalized spacial score (nSPS) is 13.5. The van der Waals surface area contributed by atoms with Crippen LogP contribution in [0, 0.1) is 0 Å². The highest BCUT2D eigenvalue weighted by Crippen LogP contribution is 2.25. The molecule has 0 bridgehead atoms. The molecule has 2 aromatic rings. The summed E-state index contributed by atoms with van der Waals surface area (Å²) in [6.07, 6.45) is 0.985. The molecular formula is C12H12NO3+. The second kappa shape index (κ2) is 3.56. The van der Waals surface area contributed by atoms with Crippen LogP contribution < -0.4 is 9.30 Å². The third-order valence-electron chi connectivity index (χ3n) is 2.68. The maximum absolute atomic E-state index is 9.90. The molecule has 1 aromatic heterocycles. The molecule has 1 aliphatic rings. The first-order valence-corrected chi connectivity index (χ1v) is 5.26. The van der Waals surface area contributed by atoms with E-state index in [0.717, 1.165) is 5.56 Å². The SMILES string of the molecule is Oc1c(Cc2ccccc2)oc2[n+]1CCO2. The lowest BCUT2D eigenvalue weighted by Gasteiger charge is -1.95. The van der Waals surface area contributed by atoms with Gasteiger partial charge in [-0.15, -0.1) is 0 Å². The van der Waals surface area contributed by atoms with Crippen LogP contribution in [0.2, 0.25) is 0 Å². The minimum Gasteiger partial charge on any atom is -0.457 e. The van der Waals surface area contributed by atoms with Crippen LogP contribution >= 0.6 is 0 Å². The molecule has 1 aromatic carbocycles. The Morgan fingerprint density at radius 2 is 2.06 bits per heavy atom. The Bertz CT molecular complexity index is 504. The Morgan fingerprint density at radius 1 is 1.25 bits per heavy atom. The van der Waals surface area contributed by atoms with E-state index in [4.69, 9.17) is 9.15 Å². The predicted molar refractivity (Wildman–Crippen MR) is 55.3 cm³/mol. The first-order chi connectivity index (χ1) is 7.84. The quantitative estimate of drug-likeness (QED) is 0.772. The maximum atomic E-state index is 9.90. The summed E-state index contributed by atoms with van der Waals surface area (Å²) in [5.74, 6) is 0.734. The van der Waals surface area contributed by atoms with Crippen molar-refractivity contribution in [3.8, 4) is 12.0 Å². The van der Waals surface area contributed by atoms with Crippen molar-refractivity contribution in [2.24, 2.45) is 0 Å². The van der Waals surface area contributed by atoms with Crippen molar-refractivity contribution in [2.75, 3.05) is 6.61 Å². The summed E-state index contributed by atoms with van der Waals surface area (Å²) in [4.78, 5) is 0. The van der Waals surface area contributed by atoms with Crippen LogP contribution in [0.25, 0.3) is 0 Å². The average molecular weight is 218 g/mol. The third-order valence-corrected chi connectivity index (χ3v) is 2.68. The van der Waals surface area contributed by atoms with E-state index < -0.39 is 0 Å². The molecule has 0 aliphatic carbocycles. The summed E-state index contributed by atoms with van der Waals surface area (Å²) in [6, 6.07) is 9.89. The highest BCUT2D eigenvalue weighted by molar-refractivity contribution is 5.23. The van der Waals surface area contributed by atoms with Gasteiger partial charge in [0.15, 0.2) is 13.2 Å². The van der Waals surface area contributed by atoms with Gasteiger partial charge in [0.2, 0.25) is 5.76 Å². The number of aromatic nitrogens is 1. The zero-order valence-corrected chi connectivity index (χ0v) is 8.72. The Morgan fingerprint density at radius 3 is 2.81 bits per heavy atom. The molecular weight excluding hydrogens is 206 g/mol. The van der Waals surface area contributed by atoms with Crippen LogP contribution in [0.5, 0.6) is 12.0 Å². The Labute approximate surface area is 92.7 Å². The van der Waals surface area contributed by atoms with Crippen molar-refractivity contribution in [1.82, 2.24) is 0 Å². The van der Waals surface area contributed by atoms with Crippen molar-refractivity contribution in [1.29, 1.82) is 0 Å². The van der Waals surface area contributed by atoms with Gasteiger partial charge in [-0.05, 0) is 5.56 Å². The van der Waals surface area contributed by atoms with Crippen LogP contribution in [-0.4, -0.2) is 11.7 Å². The molecule has 0 spiro atoms. The van der Waals surface area contributed by atoms with Crippen molar-refractivity contribution in [3.63, 3.8) is 0 Å². The fraction of sp³-hybridized carbons (Fsp3) is 0.250. The Kier molecular flexibility index (Phi) is 2.06. The lowest BCUT2D eigenvalue weighted by Crippen LogP contribution is -2.28. The molecule has 0 saturated carbocycles. The molecule has 1 N–H and O–H groups in total. The van der Waals surface area contributed by atoms with E-state index in [2.05, 4.69) is 0 Å². The summed E-state index contributed by atoms with van der Waals surface area (Å²) < 4.78 is 12.3. The lowest BCUT2D eigenvalue weighted by atomic mass is 10.1. The Hall–Kier alpha value is -1.97. The second-order valence-corrected chi connectivity index (χ2v) is 3.78. The highest BCUT2D eigenvalue weighted by Gasteiger charge is 2.34. The van der Waals surface area contributed by atoms with Crippen LogP contribution in [0.3, 0.4) is 0 Å². The van der Waals surface area contributed by atoms with Gasteiger partial charge in [0.05, 0.1) is 0 Å². The number of rotatable bonds is 2. The number of aromatic hydroxyl groups is 1. The molecule has 0 atom stereocenters. The fourth-order valence-electron chi connectivity index (χ4n) is 1.87. The summed E-state index contributed by atoms with van der Waals surface area (Å²) in [5, 5.41) is 9.90. The molecule has 82 valence electrons. The van der Waals surface area contributed by atoms with Gasteiger partial charge >= 0.3 is 12.0 Å². The van der Waals surface area contributed by atoms with E-state index >= 15 is 0 Å². The van der Waals surface area contributed by atoms with Gasteiger partial charge in [0, 0.05) is 6.42 Å². The molecule has 2 heterocycles. The summed E-state index contributed by atoms with van der Waals surface area (Å²) >= 11 is 0. The number of oxazole rings is 1. The van der Waals surface area contributed by atoms with Crippen molar-refractivity contribution < 1.29 is 18.8 Å². The molecule has 0 unspecified atom stereocenters. The van der Waals surface area contributed by atoms with Gasteiger partial charge in [-0.1, -0.05) is 34.9 Å². The molecule has 1 aliphatic heterocycles. The van der Waals surface area contributed by atoms with E-state index in [1.54, 1.807) is 4.57 Å². The maximum Gasteiger partial charge on any atom is 0.564 e. The van der Waals surface area contributed by atoms with Gasteiger partial charge in [0.1, 0.15) is 0 Å². The number of nitrogens with zero attached hydrogens (tertiary/aromatic N) is 1. The van der Waals surface area contributed by atoms with Crippen molar-refractivity contribution >= 4 is 0 Å². The molecule has 16 heavy (non-hydrogen) atoms. The average Bonchev–Trinajstić information content (AvgIpc) is 2.86. The van der Waals surface area contributed by atoms with Crippen LogP contribution in [0.15, 0.2) is 34.7 Å². The zero-order valence-electron chi connectivity index (χ0n) is 8.72. The van der Waals surface area contributed by atoms with E-state index in [1.165, 1.54) is 0 Å². The Balaban J connectivity index is 1.91. The van der Waals surface area contributed by atoms with Crippen molar-refractivity contribution in [2.45, 2.75) is 13.0 Å². The van der Waals surface area contributed by atoms with Gasteiger partial charge in [-0.3, -0.25) is 0 Å². The summed E-state index contributed by atoms with van der Waals surface area (Å²) in [6.45, 7) is 1.22. The summed E-state index contributed by atoms with van der Waals surface area (Å²) in [7, 11) is 0. The fourth-order valence-corrected chi connectivity index (χ4v) is 1.87. The number of fused-ring (bicyclic) bond motifs is 1. The van der Waals surface area contributed by atoms with E-state index in [9.17, 15) is 5.11 Å². The monoisotopic (exact) mass is 218 g/mol. The first kappa shape index (κ1) is 9.27. The topological polar surface area (TPSA) is 46.5 Å². The molecule has 4 nitrogen and oxygen atoms in total. The molecule has 0 radical (unpaired) electrons. The number of hydrogen-bond donors (Lipinski definition) is 1. The lowest BCUT2D eigenvalue weighted by molar-refractivity contribution is -0.687. The van der Waals surface area contributed by atoms with Crippen molar-refractivity contribution in [3.05, 3.63) is 41.7 Å². The molecule has 3 rings (SSSR count). The number of hydrogen-bond acceptors (Lipinski definition) is 3. The van der Waals surface area contributed by atoms with Crippen LogP contribution in [-0.2, 0) is 13.0 Å². The van der Waals surface area contributed by atoms with E-state index in [0.29, 0.717) is 31.4 Å². The predicted octanol–water partition coefficient (Wildman–Crippen LogP) is 1.26. The largest absolute Gasteiger partial charge is 0.564 e. The number of ether oxygens (including phenoxy) is 1. The van der Waals surface area contributed by atoms with Crippen LogP contribution in [0.1, 0.15) is 11.3 Å².